The third-order valence-corrected chi connectivity index (χ3v) is 3.59. The van der Waals surface area contributed by atoms with Gasteiger partial charge in [-0.05, 0) is 30.1 Å². The number of hydrogen-bond acceptors (Lipinski definition) is 0. The van der Waals surface area contributed by atoms with E-state index in [2.05, 4.69) is 27.7 Å². The van der Waals surface area contributed by atoms with Gasteiger partial charge in [-0.2, -0.15) is 0 Å². The third kappa shape index (κ3) is 4.15. The van der Waals surface area contributed by atoms with E-state index in [4.69, 9.17) is 0 Å². The van der Waals surface area contributed by atoms with E-state index in [1.165, 1.54) is 32.1 Å². The molecule has 0 saturated heterocycles. The molecule has 0 amide bonds. The maximum absolute atomic E-state index is 2.45. The highest BCUT2D eigenvalue weighted by atomic mass is 14.4. The van der Waals surface area contributed by atoms with E-state index in [1.807, 2.05) is 0 Å². The van der Waals surface area contributed by atoms with Gasteiger partial charge in [-0.1, -0.05) is 53.4 Å². The molecule has 1 rings (SSSR count). The van der Waals surface area contributed by atoms with Crippen molar-refractivity contribution in [2.75, 3.05) is 0 Å². The highest BCUT2D eigenvalue weighted by molar-refractivity contribution is 4.86. The monoisotopic (exact) mass is 182 g/mol. The van der Waals surface area contributed by atoms with Gasteiger partial charge < -0.3 is 0 Å². The average molecular weight is 182 g/mol. The van der Waals surface area contributed by atoms with E-state index in [-0.39, 0.29) is 0 Å². The van der Waals surface area contributed by atoms with E-state index in [9.17, 15) is 0 Å². The summed E-state index contributed by atoms with van der Waals surface area (Å²) in [6.45, 7) is 9.50. The van der Waals surface area contributed by atoms with Crippen LogP contribution in [0.1, 0.15) is 59.8 Å². The molecule has 0 aromatic carbocycles. The Bertz CT molecular complexity index is 137. The van der Waals surface area contributed by atoms with Crippen molar-refractivity contribution in [3.63, 3.8) is 0 Å². The summed E-state index contributed by atoms with van der Waals surface area (Å²) in [5.41, 5.74) is 0. The van der Waals surface area contributed by atoms with E-state index < -0.39 is 0 Å². The van der Waals surface area contributed by atoms with Gasteiger partial charge in [-0.25, -0.2) is 0 Å². The second-order valence-electron chi connectivity index (χ2n) is 5.53. The predicted octanol–water partition coefficient (Wildman–Crippen LogP) is 4.49. The molecule has 78 valence electrons. The van der Waals surface area contributed by atoms with Crippen molar-refractivity contribution < 1.29 is 0 Å². The Kier molecular flexibility index (Phi) is 4.28. The molecule has 3 unspecified atom stereocenters. The average Bonchev–Trinajstić information content (AvgIpc) is 2.75. The van der Waals surface area contributed by atoms with Crippen molar-refractivity contribution in [3.05, 3.63) is 0 Å². The summed E-state index contributed by atoms with van der Waals surface area (Å²) in [6.07, 6.45) is 7.31. The summed E-state index contributed by atoms with van der Waals surface area (Å²) in [5, 5.41) is 0. The maximum atomic E-state index is 2.45. The lowest BCUT2D eigenvalue weighted by Crippen LogP contribution is -1.99. The zero-order chi connectivity index (χ0) is 9.84. The van der Waals surface area contributed by atoms with Gasteiger partial charge in [0.05, 0.1) is 0 Å². The van der Waals surface area contributed by atoms with Crippen LogP contribution in [0, 0.1) is 23.7 Å². The third-order valence-electron chi connectivity index (χ3n) is 3.59. The molecule has 0 spiro atoms. The molecular formula is C13H26. The molecule has 1 fully saturated rings. The standard InChI is InChI=1S/C13H26/c1-10(2)7-5-6-8-11(3)13-9-12(13)4/h10-13H,5-9H2,1-4H3. The fourth-order valence-corrected chi connectivity index (χ4v) is 2.38. The van der Waals surface area contributed by atoms with Crippen molar-refractivity contribution in [3.8, 4) is 0 Å². The summed E-state index contributed by atoms with van der Waals surface area (Å²) in [4.78, 5) is 0. The Hall–Kier alpha value is 0. The van der Waals surface area contributed by atoms with Gasteiger partial charge in [-0.3, -0.25) is 0 Å². The molecule has 0 bridgehead atoms. The van der Waals surface area contributed by atoms with Gasteiger partial charge in [-0.15, -0.1) is 0 Å². The molecule has 0 nitrogen and oxygen atoms in total. The second kappa shape index (κ2) is 5.02. The van der Waals surface area contributed by atoms with Gasteiger partial charge in [0.2, 0.25) is 0 Å². The quantitative estimate of drug-likeness (QED) is 0.531. The zero-order valence-electron chi connectivity index (χ0n) is 9.84. The Morgan fingerprint density at radius 3 is 2.08 bits per heavy atom. The van der Waals surface area contributed by atoms with Crippen LogP contribution in [0.5, 0.6) is 0 Å². The van der Waals surface area contributed by atoms with E-state index in [0.717, 1.165) is 23.7 Å². The topological polar surface area (TPSA) is 0 Å². The molecule has 13 heavy (non-hydrogen) atoms. The molecule has 1 aliphatic carbocycles. The van der Waals surface area contributed by atoms with Crippen molar-refractivity contribution >= 4 is 0 Å². The minimum absolute atomic E-state index is 0.898. The minimum atomic E-state index is 0.898. The molecule has 0 aliphatic heterocycles. The Balaban J connectivity index is 1.93. The summed E-state index contributed by atoms with van der Waals surface area (Å²) < 4.78 is 0. The van der Waals surface area contributed by atoms with Crippen LogP contribution >= 0.6 is 0 Å². The second-order valence-corrected chi connectivity index (χ2v) is 5.53. The van der Waals surface area contributed by atoms with Crippen LogP contribution in [0.15, 0.2) is 0 Å². The lowest BCUT2D eigenvalue weighted by atomic mass is 9.96. The molecule has 0 aromatic heterocycles. The largest absolute Gasteiger partial charge is 0.0628 e. The van der Waals surface area contributed by atoms with Gasteiger partial charge in [0, 0.05) is 0 Å². The summed E-state index contributed by atoms with van der Waals surface area (Å²) >= 11 is 0. The number of rotatable bonds is 6. The molecule has 1 saturated carbocycles. The number of hydrogen-bond donors (Lipinski definition) is 0. The SMILES string of the molecule is CC(C)CCCCC(C)C1CC1C. The smallest absolute Gasteiger partial charge is 0.0360 e. The van der Waals surface area contributed by atoms with Crippen LogP contribution in [-0.2, 0) is 0 Å². The number of unbranched alkanes of at least 4 members (excludes halogenated alkanes) is 1. The van der Waals surface area contributed by atoms with E-state index >= 15 is 0 Å². The zero-order valence-corrected chi connectivity index (χ0v) is 9.84. The van der Waals surface area contributed by atoms with Gasteiger partial charge in [0.15, 0.2) is 0 Å². The first-order chi connectivity index (χ1) is 6.11. The van der Waals surface area contributed by atoms with Crippen molar-refractivity contribution in [1.82, 2.24) is 0 Å². The van der Waals surface area contributed by atoms with Crippen molar-refractivity contribution in [2.24, 2.45) is 23.7 Å². The van der Waals surface area contributed by atoms with Crippen LogP contribution < -0.4 is 0 Å². The van der Waals surface area contributed by atoms with Crippen molar-refractivity contribution in [2.45, 2.75) is 59.8 Å². The maximum Gasteiger partial charge on any atom is -0.0360 e. The molecular weight excluding hydrogens is 156 g/mol. The lowest BCUT2D eigenvalue weighted by Gasteiger charge is -2.10. The van der Waals surface area contributed by atoms with E-state index in [0.29, 0.717) is 0 Å². The highest BCUT2D eigenvalue weighted by Crippen LogP contribution is 2.45. The normalized spacial score (nSPS) is 29.3. The Morgan fingerprint density at radius 1 is 1.08 bits per heavy atom. The highest BCUT2D eigenvalue weighted by Gasteiger charge is 2.36. The Labute approximate surface area is 84.1 Å². The molecule has 0 N–H and O–H groups in total. The van der Waals surface area contributed by atoms with Crippen molar-refractivity contribution in [1.29, 1.82) is 0 Å². The molecule has 0 heteroatoms. The van der Waals surface area contributed by atoms with Crippen LogP contribution in [0.2, 0.25) is 0 Å². The lowest BCUT2D eigenvalue weighted by molar-refractivity contribution is 0.413. The molecule has 3 atom stereocenters. The molecule has 0 heterocycles. The first kappa shape index (κ1) is 11.1. The summed E-state index contributed by atoms with van der Waals surface area (Å²) in [7, 11) is 0. The van der Waals surface area contributed by atoms with Crippen LogP contribution in [0.25, 0.3) is 0 Å². The van der Waals surface area contributed by atoms with Crippen LogP contribution in [0.3, 0.4) is 0 Å². The summed E-state index contributed by atoms with van der Waals surface area (Å²) in [5.74, 6) is 4.02. The molecule has 0 aromatic rings. The van der Waals surface area contributed by atoms with E-state index in [1.54, 1.807) is 0 Å². The van der Waals surface area contributed by atoms with Gasteiger partial charge >= 0.3 is 0 Å². The van der Waals surface area contributed by atoms with Gasteiger partial charge in [0.25, 0.3) is 0 Å². The summed E-state index contributed by atoms with van der Waals surface area (Å²) in [6, 6.07) is 0. The molecule has 1 aliphatic rings. The fourth-order valence-electron chi connectivity index (χ4n) is 2.38. The minimum Gasteiger partial charge on any atom is -0.0628 e. The fraction of sp³-hybridized carbons (Fsp3) is 1.00. The first-order valence-corrected chi connectivity index (χ1v) is 6.11. The van der Waals surface area contributed by atoms with Crippen LogP contribution in [0.4, 0.5) is 0 Å². The molecule has 0 radical (unpaired) electrons. The Morgan fingerprint density at radius 2 is 1.62 bits per heavy atom. The first-order valence-electron chi connectivity index (χ1n) is 6.11. The predicted molar refractivity (Wildman–Crippen MR) is 59.7 cm³/mol. The van der Waals surface area contributed by atoms with Crippen LogP contribution in [-0.4, -0.2) is 0 Å². The van der Waals surface area contributed by atoms with Gasteiger partial charge in [0.1, 0.15) is 0 Å².